The molecule has 2 atom stereocenters. The molecule has 0 amide bonds. The van der Waals surface area contributed by atoms with Crippen molar-refractivity contribution in [3.8, 4) is 0 Å². The molecule has 0 N–H and O–H groups in total. The molecule has 1 saturated heterocycles. The molecule has 4 heteroatoms. The van der Waals surface area contributed by atoms with Crippen LogP contribution in [0.15, 0.2) is 12.4 Å². The Hall–Kier alpha value is -0.830. The van der Waals surface area contributed by atoms with Gasteiger partial charge in [0.25, 0.3) is 0 Å². The number of hydrogen-bond donors (Lipinski definition) is 0. The van der Waals surface area contributed by atoms with Crippen LogP contribution in [0.5, 0.6) is 0 Å². The molecule has 2 unspecified atom stereocenters. The molecule has 1 aliphatic rings. The van der Waals surface area contributed by atoms with Crippen LogP contribution in [-0.4, -0.2) is 28.4 Å². The second-order valence-corrected chi connectivity index (χ2v) is 4.45. The lowest BCUT2D eigenvalue weighted by molar-refractivity contribution is 0.548. The summed E-state index contributed by atoms with van der Waals surface area (Å²) in [7, 11) is 0. The minimum absolute atomic E-state index is 0.405. The normalized spacial score (nSPS) is 25.9. The standard InChI is InChI=1S/C11H16ClN3/c1-8-3-6-15(10(8)7-12)11-9(2)13-4-5-14-11/h4-5,8,10H,3,6-7H2,1-2H3. The van der Waals surface area contributed by atoms with Crippen molar-refractivity contribution < 1.29 is 0 Å². The van der Waals surface area contributed by atoms with Gasteiger partial charge < -0.3 is 4.90 Å². The molecule has 82 valence electrons. The molecule has 0 aromatic carbocycles. The van der Waals surface area contributed by atoms with Crippen LogP contribution in [0.2, 0.25) is 0 Å². The van der Waals surface area contributed by atoms with Gasteiger partial charge in [-0.3, -0.25) is 4.98 Å². The largest absolute Gasteiger partial charge is 0.351 e. The highest BCUT2D eigenvalue weighted by Crippen LogP contribution is 2.29. The summed E-state index contributed by atoms with van der Waals surface area (Å²) in [4.78, 5) is 11.0. The van der Waals surface area contributed by atoms with Gasteiger partial charge in [0.15, 0.2) is 0 Å². The Balaban J connectivity index is 2.28. The number of aryl methyl sites for hydroxylation is 1. The summed E-state index contributed by atoms with van der Waals surface area (Å²) < 4.78 is 0. The number of rotatable bonds is 2. The van der Waals surface area contributed by atoms with Gasteiger partial charge in [-0.25, -0.2) is 4.98 Å². The van der Waals surface area contributed by atoms with Crippen molar-refractivity contribution in [1.82, 2.24) is 9.97 Å². The molecule has 0 radical (unpaired) electrons. The minimum atomic E-state index is 0.405. The average Bonchev–Trinajstić information content (AvgIpc) is 2.60. The zero-order valence-corrected chi connectivity index (χ0v) is 9.91. The Kier molecular flexibility index (Phi) is 3.10. The molecular formula is C11H16ClN3. The molecule has 1 fully saturated rings. The average molecular weight is 226 g/mol. The Labute approximate surface area is 95.5 Å². The van der Waals surface area contributed by atoms with Gasteiger partial charge >= 0.3 is 0 Å². The fraction of sp³-hybridized carbons (Fsp3) is 0.636. The van der Waals surface area contributed by atoms with Crippen molar-refractivity contribution in [3.05, 3.63) is 18.1 Å². The van der Waals surface area contributed by atoms with Gasteiger partial charge in [-0.1, -0.05) is 6.92 Å². The smallest absolute Gasteiger partial charge is 0.150 e. The van der Waals surface area contributed by atoms with Gasteiger partial charge in [0.05, 0.1) is 5.69 Å². The third-order valence-corrected chi connectivity index (χ3v) is 3.48. The fourth-order valence-electron chi connectivity index (χ4n) is 2.19. The van der Waals surface area contributed by atoms with E-state index in [1.165, 1.54) is 6.42 Å². The molecule has 1 aromatic rings. The number of aromatic nitrogens is 2. The maximum absolute atomic E-state index is 6.01. The maximum atomic E-state index is 6.01. The first-order valence-corrected chi connectivity index (χ1v) is 5.87. The molecule has 3 nitrogen and oxygen atoms in total. The van der Waals surface area contributed by atoms with Crippen LogP contribution in [0.25, 0.3) is 0 Å². The van der Waals surface area contributed by atoms with Crippen LogP contribution in [0.3, 0.4) is 0 Å². The Bertz CT molecular complexity index is 342. The topological polar surface area (TPSA) is 29.0 Å². The number of alkyl halides is 1. The van der Waals surface area contributed by atoms with Gasteiger partial charge in [-0.15, -0.1) is 11.6 Å². The lowest BCUT2D eigenvalue weighted by Gasteiger charge is -2.26. The zero-order valence-electron chi connectivity index (χ0n) is 9.15. The molecular weight excluding hydrogens is 210 g/mol. The lowest BCUT2D eigenvalue weighted by Crippen LogP contribution is -2.34. The van der Waals surface area contributed by atoms with Crippen LogP contribution in [-0.2, 0) is 0 Å². The summed E-state index contributed by atoms with van der Waals surface area (Å²) in [5, 5.41) is 0. The van der Waals surface area contributed by atoms with E-state index in [4.69, 9.17) is 11.6 Å². The highest BCUT2D eigenvalue weighted by Gasteiger charge is 2.32. The van der Waals surface area contributed by atoms with Crippen LogP contribution in [0, 0.1) is 12.8 Å². The van der Waals surface area contributed by atoms with E-state index >= 15 is 0 Å². The predicted octanol–water partition coefficient (Wildman–Crippen LogP) is 2.24. The third kappa shape index (κ3) is 1.93. The van der Waals surface area contributed by atoms with Crippen molar-refractivity contribution >= 4 is 17.4 Å². The van der Waals surface area contributed by atoms with Gasteiger partial charge in [-0.05, 0) is 19.3 Å². The number of nitrogens with zero attached hydrogens (tertiary/aromatic N) is 3. The van der Waals surface area contributed by atoms with Crippen LogP contribution >= 0.6 is 11.6 Å². The van der Waals surface area contributed by atoms with E-state index in [0.29, 0.717) is 17.8 Å². The monoisotopic (exact) mass is 225 g/mol. The summed E-state index contributed by atoms with van der Waals surface area (Å²) in [6.45, 7) is 5.29. The first kappa shape index (κ1) is 10.7. The van der Waals surface area contributed by atoms with Crippen molar-refractivity contribution in [2.75, 3.05) is 17.3 Å². The first-order chi connectivity index (χ1) is 7.24. The highest BCUT2D eigenvalue weighted by molar-refractivity contribution is 6.18. The van der Waals surface area contributed by atoms with Crippen LogP contribution in [0.4, 0.5) is 5.82 Å². The summed E-state index contributed by atoms with van der Waals surface area (Å²) in [5.41, 5.74) is 0.988. The Morgan fingerprint density at radius 1 is 1.47 bits per heavy atom. The van der Waals surface area contributed by atoms with Crippen molar-refractivity contribution in [2.24, 2.45) is 5.92 Å². The third-order valence-electron chi connectivity index (χ3n) is 3.17. The second kappa shape index (κ2) is 4.35. The Morgan fingerprint density at radius 2 is 2.20 bits per heavy atom. The predicted molar refractivity (Wildman–Crippen MR) is 62.4 cm³/mol. The Morgan fingerprint density at radius 3 is 2.87 bits per heavy atom. The second-order valence-electron chi connectivity index (χ2n) is 4.15. The summed E-state index contributed by atoms with van der Waals surface area (Å²) >= 11 is 6.01. The van der Waals surface area contributed by atoms with E-state index in [9.17, 15) is 0 Å². The highest BCUT2D eigenvalue weighted by atomic mass is 35.5. The quantitative estimate of drug-likeness (QED) is 0.723. The van der Waals surface area contributed by atoms with Crippen molar-refractivity contribution in [1.29, 1.82) is 0 Å². The molecule has 1 aromatic heterocycles. The number of hydrogen-bond acceptors (Lipinski definition) is 3. The van der Waals surface area contributed by atoms with Crippen LogP contribution in [0.1, 0.15) is 19.0 Å². The number of halogens is 1. The van der Waals surface area contributed by atoms with Gasteiger partial charge in [-0.2, -0.15) is 0 Å². The fourth-order valence-corrected chi connectivity index (χ4v) is 2.66. The lowest BCUT2D eigenvalue weighted by atomic mass is 10.1. The van der Waals surface area contributed by atoms with E-state index in [1.54, 1.807) is 12.4 Å². The molecule has 0 aliphatic carbocycles. The van der Waals surface area contributed by atoms with E-state index in [0.717, 1.165) is 18.1 Å². The van der Waals surface area contributed by atoms with E-state index in [1.807, 2.05) is 6.92 Å². The van der Waals surface area contributed by atoms with Crippen molar-refractivity contribution in [2.45, 2.75) is 26.3 Å². The summed E-state index contributed by atoms with van der Waals surface area (Å²) in [6.07, 6.45) is 4.66. The molecule has 0 saturated carbocycles. The minimum Gasteiger partial charge on any atom is -0.351 e. The maximum Gasteiger partial charge on any atom is 0.150 e. The van der Waals surface area contributed by atoms with Crippen molar-refractivity contribution in [3.63, 3.8) is 0 Å². The van der Waals surface area contributed by atoms with Gasteiger partial charge in [0.2, 0.25) is 0 Å². The zero-order chi connectivity index (χ0) is 10.8. The van der Waals surface area contributed by atoms with E-state index in [-0.39, 0.29) is 0 Å². The summed E-state index contributed by atoms with van der Waals surface area (Å²) in [6, 6.07) is 0.405. The van der Waals surface area contributed by atoms with Gasteiger partial charge in [0, 0.05) is 30.9 Å². The molecule has 1 aliphatic heterocycles. The molecule has 0 spiro atoms. The molecule has 2 rings (SSSR count). The van der Waals surface area contributed by atoms with Crippen LogP contribution < -0.4 is 4.90 Å². The molecule has 15 heavy (non-hydrogen) atoms. The van der Waals surface area contributed by atoms with Gasteiger partial charge in [0.1, 0.15) is 5.82 Å². The summed E-state index contributed by atoms with van der Waals surface area (Å²) in [5.74, 6) is 2.30. The SMILES string of the molecule is Cc1nccnc1N1CCC(C)C1CCl. The molecule has 0 bridgehead atoms. The van der Waals surface area contributed by atoms with E-state index < -0.39 is 0 Å². The molecule has 2 heterocycles. The number of anilines is 1. The van der Waals surface area contributed by atoms with E-state index in [2.05, 4.69) is 21.8 Å². The first-order valence-electron chi connectivity index (χ1n) is 5.34.